The fourth-order valence-electron chi connectivity index (χ4n) is 4.75. The molecule has 0 spiro atoms. The van der Waals surface area contributed by atoms with Crippen LogP contribution in [0, 0.1) is 6.92 Å². The zero-order valence-corrected chi connectivity index (χ0v) is 16.3. The Bertz CT molecular complexity index is 1520. The Hall–Kier alpha value is -3.98. The van der Waals surface area contributed by atoms with Gasteiger partial charge in [-0.25, -0.2) is 0 Å². The summed E-state index contributed by atoms with van der Waals surface area (Å²) in [6, 6.07) is 25.1. The number of carbonyl (C=O) groups is 2. The van der Waals surface area contributed by atoms with Crippen LogP contribution in [0.15, 0.2) is 85.1 Å². The SMILES string of the molecule is Cc1cn2c(-c3ccccc3)c3c(c2c2ccccc12)C(=O)c1ccccc1C3=O. The number of hydrogen-bond acceptors (Lipinski definition) is 2. The van der Waals surface area contributed by atoms with Gasteiger partial charge in [-0.1, -0.05) is 78.9 Å². The van der Waals surface area contributed by atoms with E-state index in [1.54, 1.807) is 12.1 Å². The van der Waals surface area contributed by atoms with E-state index in [9.17, 15) is 9.59 Å². The molecule has 3 nitrogen and oxygen atoms in total. The van der Waals surface area contributed by atoms with Crippen LogP contribution in [0.1, 0.15) is 37.4 Å². The lowest BCUT2D eigenvalue weighted by molar-refractivity contribution is 0.0981. The second-order valence-corrected chi connectivity index (χ2v) is 7.74. The van der Waals surface area contributed by atoms with Gasteiger partial charge in [0, 0.05) is 22.7 Å². The van der Waals surface area contributed by atoms with E-state index in [2.05, 4.69) is 13.0 Å². The number of fused-ring (bicyclic) bond motifs is 6. The van der Waals surface area contributed by atoms with Crippen LogP contribution in [0.2, 0.25) is 0 Å². The number of pyridine rings is 1. The first-order chi connectivity index (χ1) is 14.7. The van der Waals surface area contributed by atoms with Crippen LogP contribution in [0.5, 0.6) is 0 Å². The third-order valence-electron chi connectivity index (χ3n) is 6.05. The summed E-state index contributed by atoms with van der Waals surface area (Å²) in [5.41, 5.74) is 5.56. The summed E-state index contributed by atoms with van der Waals surface area (Å²) < 4.78 is 2.04. The van der Waals surface area contributed by atoms with Gasteiger partial charge in [0.15, 0.2) is 11.6 Å². The zero-order valence-electron chi connectivity index (χ0n) is 16.3. The predicted octanol–water partition coefficient (Wildman–Crippen LogP) is 5.84. The summed E-state index contributed by atoms with van der Waals surface area (Å²) >= 11 is 0. The number of nitrogens with zero attached hydrogens (tertiary/aromatic N) is 1. The molecule has 2 aromatic heterocycles. The van der Waals surface area contributed by atoms with Gasteiger partial charge in [-0.15, -0.1) is 0 Å². The maximum absolute atomic E-state index is 13.7. The summed E-state index contributed by atoms with van der Waals surface area (Å²) in [6.07, 6.45) is 2.05. The van der Waals surface area contributed by atoms with Gasteiger partial charge in [0.1, 0.15) is 0 Å². The summed E-state index contributed by atoms with van der Waals surface area (Å²) in [5, 5.41) is 2.07. The molecule has 5 aromatic rings. The van der Waals surface area contributed by atoms with Gasteiger partial charge in [0.25, 0.3) is 0 Å². The zero-order chi connectivity index (χ0) is 20.4. The minimum absolute atomic E-state index is 0.0890. The molecule has 0 unspecified atom stereocenters. The smallest absolute Gasteiger partial charge is 0.196 e. The first kappa shape index (κ1) is 16.9. The molecule has 0 N–H and O–H groups in total. The van der Waals surface area contributed by atoms with Crippen LogP contribution in [-0.2, 0) is 0 Å². The van der Waals surface area contributed by atoms with Gasteiger partial charge in [0.2, 0.25) is 0 Å². The average molecular weight is 387 g/mol. The quantitative estimate of drug-likeness (QED) is 0.355. The molecular formula is C27H17NO2. The van der Waals surface area contributed by atoms with E-state index in [0.29, 0.717) is 22.3 Å². The minimum Gasteiger partial charge on any atom is -0.314 e. The van der Waals surface area contributed by atoms with Crippen LogP contribution in [0.3, 0.4) is 0 Å². The number of benzene rings is 3. The highest BCUT2D eigenvalue weighted by Gasteiger charge is 2.36. The highest BCUT2D eigenvalue weighted by Crippen LogP contribution is 2.41. The van der Waals surface area contributed by atoms with E-state index < -0.39 is 0 Å². The number of ketones is 2. The van der Waals surface area contributed by atoms with E-state index in [1.807, 2.05) is 71.3 Å². The first-order valence-electron chi connectivity index (χ1n) is 9.97. The molecule has 0 bridgehead atoms. The molecule has 2 heterocycles. The number of carbonyl (C=O) groups excluding carboxylic acids is 2. The largest absolute Gasteiger partial charge is 0.314 e. The van der Waals surface area contributed by atoms with Gasteiger partial charge in [-0.05, 0) is 23.4 Å². The minimum atomic E-state index is -0.0931. The first-order valence-corrected chi connectivity index (χ1v) is 9.97. The van der Waals surface area contributed by atoms with Crippen molar-refractivity contribution in [1.82, 2.24) is 4.40 Å². The van der Waals surface area contributed by atoms with Gasteiger partial charge in [-0.3, -0.25) is 9.59 Å². The highest BCUT2D eigenvalue weighted by atomic mass is 16.1. The molecule has 142 valence electrons. The summed E-state index contributed by atoms with van der Waals surface area (Å²) in [4.78, 5) is 27.3. The molecule has 0 saturated heterocycles. The molecule has 1 aliphatic carbocycles. The van der Waals surface area contributed by atoms with E-state index in [-0.39, 0.29) is 11.6 Å². The van der Waals surface area contributed by atoms with Crippen LogP contribution in [-0.4, -0.2) is 16.0 Å². The van der Waals surface area contributed by atoms with Crippen molar-refractivity contribution in [3.05, 3.63) is 113 Å². The van der Waals surface area contributed by atoms with Crippen LogP contribution < -0.4 is 0 Å². The van der Waals surface area contributed by atoms with Crippen LogP contribution in [0.4, 0.5) is 0 Å². The topological polar surface area (TPSA) is 38.5 Å². The number of aryl methyl sites for hydroxylation is 1. The van der Waals surface area contributed by atoms with Gasteiger partial charge < -0.3 is 4.40 Å². The average Bonchev–Trinajstić information content (AvgIpc) is 3.14. The van der Waals surface area contributed by atoms with Crippen molar-refractivity contribution in [2.75, 3.05) is 0 Å². The Morgan fingerprint density at radius 3 is 1.90 bits per heavy atom. The second-order valence-electron chi connectivity index (χ2n) is 7.74. The molecule has 0 atom stereocenters. The van der Waals surface area contributed by atoms with E-state index in [0.717, 1.165) is 33.1 Å². The predicted molar refractivity (Wildman–Crippen MR) is 118 cm³/mol. The molecule has 3 heteroatoms. The molecule has 6 rings (SSSR count). The van der Waals surface area contributed by atoms with E-state index >= 15 is 0 Å². The van der Waals surface area contributed by atoms with Crippen molar-refractivity contribution in [2.45, 2.75) is 6.92 Å². The van der Waals surface area contributed by atoms with Crippen LogP contribution in [0.25, 0.3) is 27.5 Å². The molecule has 0 fully saturated rings. The summed E-state index contributed by atoms with van der Waals surface area (Å²) in [6.45, 7) is 2.06. The van der Waals surface area contributed by atoms with Gasteiger partial charge in [0.05, 0.1) is 22.3 Å². The Morgan fingerprint density at radius 2 is 1.20 bits per heavy atom. The highest BCUT2D eigenvalue weighted by molar-refractivity contribution is 6.34. The van der Waals surface area contributed by atoms with Crippen LogP contribution >= 0.6 is 0 Å². The second kappa shape index (κ2) is 6.01. The fraction of sp³-hybridized carbons (Fsp3) is 0.0370. The number of hydrogen-bond donors (Lipinski definition) is 0. The van der Waals surface area contributed by atoms with E-state index in [4.69, 9.17) is 0 Å². The third-order valence-corrected chi connectivity index (χ3v) is 6.05. The Labute approximate surface area is 173 Å². The fourth-order valence-corrected chi connectivity index (χ4v) is 4.75. The Kier molecular flexibility index (Phi) is 3.39. The molecule has 0 saturated carbocycles. The third kappa shape index (κ3) is 2.09. The lowest BCUT2D eigenvalue weighted by atomic mass is 9.83. The summed E-state index contributed by atoms with van der Waals surface area (Å²) in [5.74, 6) is -0.182. The molecule has 0 radical (unpaired) electrons. The van der Waals surface area contributed by atoms with Crippen molar-refractivity contribution in [1.29, 1.82) is 0 Å². The lowest BCUT2D eigenvalue weighted by Gasteiger charge is -2.15. The molecule has 1 aliphatic rings. The monoisotopic (exact) mass is 387 g/mol. The summed E-state index contributed by atoms with van der Waals surface area (Å²) in [7, 11) is 0. The van der Waals surface area contributed by atoms with E-state index in [1.165, 1.54) is 0 Å². The lowest BCUT2D eigenvalue weighted by Crippen LogP contribution is -2.19. The van der Waals surface area contributed by atoms with Gasteiger partial charge >= 0.3 is 0 Å². The van der Waals surface area contributed by atoms with Crippen molar-refractivity contribution in [2.24, 2.45) is 0 Å². The van der Waals surface area contributed by atoms with Crippen molar-refractivity contribution < 1.29 is 9.59 Å². The van der Waals surface area contributed by atoms with Crippen molar-refractivity contribution in [3.63, 3.8) is 0 Å². The van der Waals surface area contributed by atoms with Gasteiger partial charge in [-0.2, -0.15) is 0 Å². The molecular weight excluding hydrogens is 370 g/mol. The normalized spacial score (nSPS) is 13.0. The molecule has 3 aromatic carbocycles. The molecule has 0 amide bonds. The molecule has 30 heavy (non-hydrogen) atoms. The Morgan fingerprint density at radius 1 is 0.633 bits per heavy atom. The maximum Gasteiger partial charge on any atom is 0.196 e. The van der Waals surface area contributed by atoms with Crippen molar-refractivity contribution in [3.8, 4) is 11.3 Å². The number of rotatable bonds is 1. The maximum atomic E-state index is 13.7. The standard InChI is InChI=1S/C27H17NO2/c1-16-15-28-24(17-9-3-2-4-10-17)22-23(25(28)19-12-6-5-11-18(16)19)27(30)21-14-8-7-13-20(21)26(22)29/h2-15H,1H3. The number of aromatic nitrogens is 1. The molecule has 0 aliphatic heterocycles. The van der Waals surface area contributed by atoms with Crippen molar-refractivity contribution >= 4 is 27.9 Å². The Balaban J connectivity index is 1.88.